The van der Waals surface area contributed by atoms with Crippen LogP contribution in [0.5, 0.6) is 0 Å². The summed E-state index contributed by atoms with van der Waals surface area (Å²) in [5, 5.41) is 0. The summed E-state index contributed by atoms with van der Waals surface area (Å²) in [4.78, 5) is 24.7. The van der Waals surface area contributed by atoms with Gasteiger partial charge in [0.05, 0.1) is 0 Å². The first kappa shape index (κ1) is 18.5. The third-order valence-corrected chi connectivity index (χ3v) is 8.95. The molecule has 1 aliphatic heterocycles. The molecule has 0 N–H and O–H groups in total. The molecule has 0 aromatic rings. The van der Waals surface area contributed by atoms with Crippen LogP contribution in [0.1, 0.15) is 91.4 Å². The Bertz CT molecular complexity index is 584. The summed E-state index contributed by atoms with van der Waals surface area (Å²) in [5.74, 6) is 2.89. The summed E-state index contributed by atoms with van der Waals surface area (Å²) < 4.78 is 6.04. The minimum Gasteiger partial charge on any atom is -0.461 e. The van der Waals surface area contributed by atoms with Crippen LogP contribution in [0.15, 0.2) is 0 Å². The lowest BCUT2D eigenvalue weighted by molar-refractivity contribution is -0.205. The van der Waals surface area contributed by atoms with Crippen LogP contribution in [-0.4, -0.2) is 17.9 Å². The highest BCUT2D eigenvalue weighted by Crippen LogP contribution is 2.65. The van der Waals surface area contributed by atoms with Gasteiger partial charge in [0, 0.05) is 23.7 Å². The third-order valence-electron chi connectivity index (χ3n) is 8.95. The van der Waals surface area contributed by atoms with Crippen molar-refractivity contribution in [2.75, 3.05) is 0 Å². The maximum Gasteiger partial charge on any atom is 0.306 e. The minimum atomic E-state index is -0.0658. The van der Waals surface area contributed by atoms with E-state index in [1.54, 1.807) is 0 Å². The van der Waals surface area contributed by atoms with E-state index in [0.29, 0.717) is 35.9 Å². The molecule has 4 fully saturated rings. The lowest BCUT2D eigenvalue weighted by Gasteiger charge is -2.60. The molecule has 0 aromatic carbocycles. The fraction of sp³-hybridized carbons (Fsp3) is 0.913. The molecule has 0 spiro atoms. The average Bonchev–Trinajstić information content (AvgIpc) is 2.92. The normalized spacial score (nSPS) is 47.7. The Morgan fingerprint density at radius 1 is 1.04 bits per heavy atom. The zero-order valence-electron chi connectivity index (χ0n) is 16.9. The number of esters is 1. The molecule has 0 radical (unpaired) electrons. The van der Waals surface area contributed by atoms with Crippen LogP contribution in [0, 0.1) is 34.5 Å². The van der Waals surface area contributed by atoms with Crippen molar-refractivity contribution in [1.82, 2.24) is 0 Å². The number of Topliss-reactive ketones (excluding diaryl/α,β-unsaturated/α-hetero) is 1. The summed E-state index contributed by atoms with van der Waals surface area (Å²) >= 11 is 0. The van der Waals surface area contributed by atoms with E-state index in [4.69, 9.17) is 4.74 Å². The van der Waals surface area contributed by atoms with Crippen LogP contribution < -0.4 is 0 Å². The Balaban J connectivity index is 1.64. The second-order valence-electron chi connectivity index (χ2n) is 10.2. The third kappa shape index (κ3) is 2.67. The largest absolute Gasteiger partial charge is 0.461 e. The number of carbonyl (C=O) groups is 2. The van der Waals surface area contributed by atoms with Crippen LogP contribution >= 0.6 is 0 Å². The van der Waals surface area contributed by atoms with Gasteiger partial charge in [-0.1, -0.05) is 40.0 Å². The maximum absolute atomic E-state index is 12.6. The van der Waals surface area contributed by atoms with Crippen LogP contribution in [0.4, 0.5) is 0 Å². The van der Waals surface area contributed by atoms with Crippen LogP contribution in [0.3, 0.4) is 0 Å². The maximum atomic E-state index is 12.6. The predicted molar refractivity (Wildman–Crippen MR) is 102 cm³/mol. The van der Waals surface area contributed by atoms with Crippen LogP contribution in [0.25, 0.3) is 0 Å². The number of hydrogen-bond acceptors (Lipinski definition) is 3. The van der Waals surface area contributed by atoms with Gasteiger partial charge in [-0.3, -0.25) is 9.59 Å². The topological polar surface area (TPSA) is 43.4 Å². The van der Waals surface area contributed by atoms with Gasteiger partial charge in [0.25, 0.3) is 0 Å². The quantitative estimate of drug-likeness (QED) is 0.504. The van der Waals surface area contributed by atoms with E-state index in [2.05, 4.69) is 20.8 Å². The molecular weight excluding hydrogens is 324 g/mol. The van der Waals surface area contributed by atoms with Gasteiger partial charge in [-0.05, 0) is 62.2 Å². The second-order valence-corrected chi connectivity index (χ2v) is 10.2. The van der Waals surface area contributed by atoms with Crippen molar-refractivity contribution in [3.8, 4) is 0 Å². The number of rotatable bonds is 4. The van der Waals surface area contributed by atoms with E-state index < -0.39 is 0 Å². The molecule has 4 aliphatic rings. The summed E-state index contributed by atoms with van der Waals surface area (Å²) in [7, 11) is 0. The van der Waals surface area contributed by atoms with Gasteiger partial charge in [0.2, 0.25) is 0 Å². The Hall–Kier alpha value is -0.860. The Labute approximate surface area is 158 Å². The lowest BCUT2D eigenvalue weighted by Crippen LogP contribution is -2.59. The highest BCUT2D eigenvalue weighted by atomic mass is 16.5. The molecule has 3 saturated carbocycles. The summed E-state index contributed by atoms with van der Waals surface area (Å²) in [6.45, 7) is 6.91. The van der Waals surface area contributed by atoms with Crippen molar-refractivity contribution in [2.45, 2.75) is 97.5 Å². The molecule has 7 unspecified atom stereocenters. The predicted octanol–water partition coefficient (Wildman–Crippen LogP) is 5.31. The molecule has 0 bridgehead atoms. The van der Waals surface area contributed by atoms with Gasteiger partial charge in [0.15, 0.2) is 0 Å². The Kier molecular flexibility index (Phi) is 4.72. The van der Waals surface area contributed by atoms with Crippen molar-refractivity contribution in [3.63, 3.8) is 0 Å². The molecule has 0 amide bonds. The van der Waals surface area contributed by atoms with E-state index in [0.717, 1.165) is 32.1 Å². The standard InChI is InChI=1S/C23H36O3/c1-4-5-6-7-15-14-16-17-8-9-19(24)22(17,2)12-10-18(16)23(3)13-11-20(25)26-21(15)23/h15-18,21H,4-14H2,1-3H3. The Morgan fingerprint density at radius 3 is 2.62 bits per heavy atom. The van der Waals surface area contributed by atoms with Crippen molar-refractivity contribution < 1.29 is 14.3 Å². The van der Waals surface area contributed by atoms with E-state index in [1.807, 2.05) is 0 Å². The summed E-state index contributed by atoms with van der Waals surface area (Å²) in [6, 6.07) is 0. The zero-order valence-corrected chi connectivity index (χ0v) is 16.9. The van der Waals surface area contributed by atoms with E-state index >= 15 is 0 Å². The van der Waals surface area contributed by atoms with Crippen LogP contribution in [0.2, 0.25) is 0 Å². The molecule has 146 valence electrons. The molecule has 1 heterocycles. The van der Waals surface area contributed by atoms with Crippen molar-refractivity contribution in [1.29, 1.82) is 0 Å². The molecular formula is C23H36O3. The monoisotopic (exact) mass is 360 g/mol. The van der Waals surface area contributed by atoms with Gasteiger partial charge in [0.1, 0.15) is 11.9 Å². The van der Waals surface area contributed by atoms with Gasteiger partial charge in [-0.15, -0.1) is 0 Å². The fourth-order valence-corrected chi connectivity index (χ4v) is 7.48. The second kappa shape index (κ2) is 6.63. The molecule has 4 rings (SSSR count). The fourth-order valence-electron chi connectivity index (χ4n) is 7.48. The number of fused-ring (bicyclic) bond motifs is 5. The van der Waals surface area contributed by atoms with Gasteiger partial charge in [-0.2, -0.15) is 0 Å². The number of ketones is 1. The molecule has 3 nitrogen and oxygen atoms in total. The first-order valence-electron chi connectivity index (χ1n) is 11.1. The minimum absolute atomic E-state index is 0.0168. The number of ether oxygens (including phenoxy) is 1. The number of hydrogen-bond donors (Lipinski definition) is 0. The van der Waals surface area contributed by atoms with Crippen molar-refractivity contribution in [2.24, 2.45) is 34.5 Å². The Morgan fingerprint density at radius 2 is 1.85 bits per heavy atom. The lowest BCUT2D eigenvalue weighted by atomic mass is 9.46. The highest BCUT2D eigenvalue weighted by Gasteiger charge is 2.62. The molecule has 0 aromatic heterocycles. The first-order chi connectivity index (χ1) is 12.4. The van der Waals surface area contributed by atoms with Gasteiger partial charge >= 0.3 is 5.97 Å². The van der Waals surface area contributed by atoms with Crippen LogP contribution in [-0.2, 0) is 14.3 Å². The summed E-state index contributed by atoms with van der Waals surface area (Å²) in [6.07, 6.45) is 11.9. The molecule has 7 atom stereocenters. The average molecular weight is 361 g/mol. The smallest absolute Gasteiger partial charge is 0.306 e. The van der Waals surface area contributed by atoms with Gasteiger partial charge < -0.3 is 4.74 Å². The molecule has 3 aliphatic carbocycles. The molecule has 1 saturated heterocycles. The number of unbranched alkanes of at least 4 members (excludes halogenated alkanes) is 2. The SMILES string of the molecule is CCCCCC1CC2C3CCC(=O)C3(C)CCC2C2(C)CCC(=O)OC12. The van der Waals surface area contributed by atoms with Crippen molar-refractivity contribution >= 4 is 11.8 Å². The van der Waals surface area contributed by atoms with E-state index in [1.165, 1.54) is 32.1 Å². The molecule has 26 heavy (non-hydrogen) atoms. The highest BCUT2D eigenvalue weighted by molar-refractivity contribution is 5.87. The van der Waals surface area contributed by atoms with E-state index in [9.17, 15) is 9.59 Å². The van der Waals surface area contributed by atoms with Gasteiger partial charge in [-0.25, -0.2) is 0 Å². The van der Waals surface area contributed by atoms with Crippen molar-refractivity contribution in [3.05, 3.63) is 0 Å². The molecule has 3 heteroatoms. The summed E-state index contributed by atoms with van der Waals surface area (Å²) in [5.41, 5.74) is 0.0599. The zero-order chi connectivity index (χ0) is 18.5. The van der Waals surface area contributed by atoms with E-state index in [-0.39, 0.29) is 22.9 Å². The number of carbonyl (C=O) groups excluding carboxylic acids is 2. The first-order valence-corrected chi connectivity index (χ1v) is 11.1.